The number of benzene rings is 1. The van der Waals surface area contributed by atoms with Crippen molar-refractivity contribution < 1.29 is 4.74 Å². The minimum absolute atomic E-state index is 0.0798. The van der Waals surface area contributed by atoms with E-state index in [0.717, 1.165) is 48.4 Å². The van der Waals surface area contributed by atoms with Gasteiger partial charge in [0.2, 0.25) is 0 Å². The lowest BCUT2D eigenvalue weighted by molar-refractivity contribution is 0.0326. The van der Waals surface area contributed by atoms with E-state index in [9.17, 15) is 4.79 Å². The lowest BCUT2D eigenvalue weighted by Crippen LogP contribution is -2.48. The number of nitrogens with zero attached hydrogens (tertiary/aromatic N) is 5. The van der Waals surface area contributed by atoms with Crippen LogP contribution in [0.5, 0.6) is 5.75 Å². The fourth-order valence-electron chi connectivity index (χ4n) is 6.28. The molecule has 36 heavy (non-hydrogen) atoms. The first-order chi connectivity index (χ1) is 17.4. The summed E-state index contributed by atoms with van der Waals surface area (Å²) in [4.78, 5) is 19.3. The van der Waals surface area contributed by atoms with Gasteiger partial charge >= 0.3 is 0 Å². The summed E-state index contributed by atoms with van der Waals surface area (Å²) in [6.07, 6.45) is 9.77. The number of rotatable bonds is 7. The molecule has 8 heteroatoms. The molecule has 1 aromatic carbocycles. The third kappa shape index (κ3) is 4.67. The van der Waals surface area contributed by atoms with Gasteiger partial charge < -0.3 is 9.72 Å². The number of nitrogens with one attached hydrogen (secondary N) is 1. The van der Waals surface area contributed by atoms with Gasteiger partial charge in [0.05, 0.1) is 12.1 Å². The lowest BCUT2D eigenvalue weighted by atomic mass is 9.69. The van der Waals surface area contributed by atoms with Crippen LogP contribution in [0.25, 0.3) is 10.9 Å². The van der Waals surface area contributed by atoms with Crippen LogP contribution in [-0.2, 0) is 5.54 Å². The Morgan fingerprint density at radius 3 is 2.64 bits per heavy atom. The highest BCUT2D eigenvalue weighted by atomic mass is 16.5. The van der Waals surface area contributed by atoms with Crippen LogP contribution in [0.3, 0.4) is 0 Å². The molecule has 1 atom stereocenters. The molecule has 194 valence electrons. The van der Waals surface area contributed by atoms with Gasteiger partial charge in [-0.15, -0.1) is 5.10 Å². The number of aromatic amines is 1. The first-order valence-corrected chi connectivity index (χ1v) is 13.7. The number of aromatic nitrogens is 5. The fourth-order valence-corrected chi connectivity index (χ4v) is 6.28. The van der Waals surface area contributed by atoms with E-state index in [0.29, 0.717) is 17.6 Å². The molecule has 0 radical (unpaired) electrons. The van der Waals surface area contributed by atoms with Gasteiger partial charge in [-0.05, 0) is 99.5 Å². The topological polar surface area (TPSA) is 88.9 Å². The predicted molar refractivity (Wildman–Crippen MR) is 141 cm³/mol. The van der Waals surface area contributed by atoms with Crippen LogP contribution in [0.1, 0.15) is 96.5 Å². The zero-order valence-electron chi connectivity index (χ0n) is 22.2. The van der Waals surface area contributed by atoms with Gasteiger partial charge in [-0.2, -0.15) is 0 Å². The van der Waals surface area contributed by atoms with Gasteiger partial charge in [0.15, 0.2) is 5.82 Å². The normalized spacial score (nSPS) is 19.6. The molecule has 1 spiro atoms. The van der Waals surface area contributed by atoms with E-state index >= 15 is 0 Å². The van der Waals surface area contributed by atoms with Crippen molar-refractivity contribution >= 4 is 10.9 Å². The first kappa shape index (κ1) is 24.9. The van der Waals surface area contributed by atoms with E-state index in [2.05, 4.69) is 46.2 Å². The van der Waals surface area contributed by atoms with E-state index in [1.165, 1.54) is 38.5 Å². The second-order valence-corrected chi connectivity index (χ2v) is 11.4. The number of H-pyrrole nitrogens is 1. The minimum Gasteiger partial charge on any atom is -0.494 e. The Labute approximate surface area is 213 Å². The van der Waals surface area contributed by atoms with Crippen molar-refractivity contribution in [1.82, 2.24) is 30.1 Å². The van der Waals surface area contributed by atoms with Crippen LogP contribution < -0.4 is 10.3 Å². The van der Waals surface area contributed by atoms with E-state index in [1.807, 2.05) is 35.9 Å². The molecule has 0 bridgehead atoms. The van der Waals surface area contributed by atoms with Gasteiger partial charge in [-0.3, -0.25) is 9.69 Å². The van der Waals surface area contributed by atoms with E-state index < -0.39 is 0 Å². The fraction of sp³-hybridized carbons (Fsp3) is 0.643. The molecular weight excluding hydrogens is 452 g/mol. The highest BCUT2D eigenvalue weighted by Gasteiger charge is 2.42. The van der Waals surface area contributed by atoms with Crippen LogP contribution in [0.2, 0.25) is 0 Å². The van der Waals surface area contributed by atoms with Crippen molar-refractivity contribution in [3.8, 4) is 5.75 Å². The highest BCUT2D eigenvalue weighted by Crippen LogP contribution is 2.45. The molecule has 5 rings (SSSR count). The van der Waals surface area contributed by atoms with Crippen LogP contribution in [0, 0.1) is 5.41 Å². The predicted octanol–water partition coefficient (Wildman–Crippen LogP) is 5.19. The summed E-state index contributed by atoms with van der Waals surface area (Å²) in [7, 11) is 0. The molecule has 1 aliphatic carbocycles. The second kappa shape index (κ2) is 9.96. The Morgan fingerprint density at radius 1 is 1.11 bits per heavy atom. The Bertz CT molecular complexity index is 1250. The van der Waals surface area contributed by atoms with Crippen molar-refractivity contribution in [2.45, 2.75) is 90.6 Å². The summed E-state index contributed by atoms with van der Waals surface area (Å²) >= 11 is 0. The molecule has 1 unspecified atom stereocenters. The molecule has 0 amide bonds. The summed E-state index contributed by atoms with van der Waals surface area (Å²) in [5, 5.41) is 14.1. The van der Waals surface area contributed by atoms with Gasteiger partial charge in [-0.1, -0.05) is 26.2 Å². The Hall–Kier alpha value is -2.74. The van der Waals surface area contributed by atoms with Crippen LogP contribution in [0.15, 0.2) is 29.1 Å². The maximum atomic E-state index is 13.6. The average molecular weight is 493 g/mol. The van der Waals surface area contributed by atoms with Gasteiger partial charge in [0.25, 0.3) is 5.56 Å². The van der Waals surface area contributed by atoms with Gasteiger partial charge in [0.1, 0.15) is 11.8 Å². The van der Waals surface area contributed by atoms with Crippen LogP contribution in [0.4, 0.5) is 0 Å². The standard InChI is InChI=1S/C28H40N6O2/c1-5-27(3,4)34-25(30-31-32-34)24(33-16-10-15-28(19-33)13-8-7-9-14-28)22-18-20-17-21(36-6-2)11-12-23(20)29-26(22)35/h11-12,17-18,24H,5-10,13-16,19H2,1-4H3,(H,29,35). The van der Waals surface area contributed by atoms with Crippen molar-refractivity contribution in [2.24, 2.45) is 5.41 Å². The summed E-state index contributed by atoms with van der Waals surface area (Å²) in [5.41, 5.74) is 1.50. The minimum atomic E-state index is -0.311. The number of fused-ring (bicyclic) bond motifs is 1. The van der Waals surface area contributed by atoms with Crippen molar-refractivity contribution in [1.29, 1.82) is 0 Å². The zero-order valence-corrected chi connectivity index (χ0v) is 22.2. The Balaban J connectivity index is 1.65. The number of pyridine rings is 1. The number of hydrogen-bond donors (Lipinski definition) is 1. The van der Waals surface area contributed by atoms with E-state index in [-0.39, 0.29) is 17.1 Å². The van der Waals surface area contributed by atoms with Crippen LogP contribution in [-0.4, -0.2) is 49.8 Å². The highest BCUT2D eigenvalue weighted by molar-refractivity contribution is 5.80. The van der Waals surface area contributed by atoms with Crippen molar-refractivity contribution in [3.05, 3.63) is 46.0 Å². The zero-order chi connectivity index (χ0) is 25.3. The van der Waals surface area contributed by atoms with Gasteiger partial charge in [0, 0.05) is 23.0 Å². The number of ether oxygens (including phenoxy) is 1. The molecule has 2 fully saturated rings. The summed E-state index contributed by atoms with van der Waals surface area (Å²) in [6, 6.07) is 7.55. The smallest absolute Gasteiger partial charge is 0.253 e. The average Bonchev–Trinajstić information content (AvgIpc) is 3.36. The largest absolute Gasteiger partial charge is 0.494 e. The SMILES string of the molecule is CCOc1ccc2[nH]c(=O)c(C(c3nnnn3C(C)(C)CC)N3CCCC4(CCCCC4)C3)cc2c1. The third-order valence-corrected chi connectivity index (χ3v) is 8.60. The Morgan fingerprint density at radius 2 is 1.89 bits per heavy atom. The van der Waals surface area contributed by atoms with Gasteiger partial charge in [-0.25, -0.2) is 4.68 Å². The lowest BCUT2D eigenvalue weighted by Gasteiger charge is -2.47. The van der Waals surface area contributed by atoms with Crippen molar-refractivity contribution in [2.75, 3.05) is 19.7 Å². The number of likely N-dealkylation sites (tertiary alicyclic amines) is 1. The van der Waals surface area contributed by atoms with Crippen LogP contribution >= 0.6 is 0 Å². The van der Waals surface area contributed by atoms with E-state index in [1.54, 1.807) is 0 Å². The number of hydrogen-bond acceptors (Lipinski definition) is 6. The Kier molecular flexibility index (Phi) is 6.90. The quantitative estimate of drug-likeness (QED) is 0.488. The molecule has 1 saturated heterocycles. The molecule has 2 aromatic heterocycles. The maximum Gasteiger partial charge on any atom is 0.253 e. The molecule has 1 N–H and O–H groups in total. The number of piperidine rings is 1. The monoisotopic (exact) mass is 492 g/mol. The molecule has 3 heterocycles. The first-order valence-electron chi connectivity index (χ1n) is 13.7. The molecule has 2 aliphatic rings. The number of tetrazole rings is 1. The molecule has 3 aromatic rings. The molecule has 1 saturated carbocycles. The molecule has 1 aliphatic heterocycles. The maximum absolute atomic E-state index is 13.6. The third-order valence-electron chi connectivity index (χ3n) is 8.60. The van der Waals surface area contributed by atoms with E-state index in [4.69, 9.17) is 4.74 Å². The van der Waals surface area contributed by atoms with Crippen molar-refractivity contribution in [3.63, 3.8) is 0 Å². The summed E-state index contributed by atoms with van der Waals surface area (Å²) in [6.45, 7) is 10.9. The summed E-state index contributed by atoms with van der Waals surface area (Å²) in [5.74, 6) is 1.55. The molecule has 8 nitrogen and oxygen atoms in total. The molecular formula is C28H40N6O2. The second-order valence-electron chi connectivity index (χ2n) is 11.4. The summed E-state index contributed by atoms with van der Waals surface area (Å²) < 4.78 is 7.69.